The van der Waals surface area contributed by atoms with Crippen molar-refractivity contribution >= 4 is 29.4 Å². The molecular weight excluding hydrogens is 411 g/mol. The number of anilines is 2. The minimum Gasteiger partial charge on any atom is -0.383 e. The zero-order valence-corrected chi connectivity index (χ0v) is 17.1. The summed E-state index contributed by atoms with van der Waals surface area (Å²) in [6.45, 7) is 0. The number of carbonyl (C=O) groups excluding carboxylic acids is 1. The van der Waals surface area contributed by atoms with Gasteiger partial charge in [0.2, 0.25) is 5.91 Å². The van der Waals surface area contributed by atoms with E-state index in [0.717, 1.165) is 23.8 Å². The van der Waals surface area contributed by atoms with Gasteiger partial charge in [-0.05, 0) is 18.4 Å². The van der Waals surface area contributed by atoms with Gasteiger partial charge in [-0.1, -0.05) is 31.4 Å². The van der Waals surface area contributed by atoms with Crippen LogP contribution in [0.5, 0.6) is 0 Å². The molecule has 4 N–H and O–H groups in total. The molecule has 1 aliphatic carbocycles. The molecule has 1 amide bonds. The van der Waals surface area contributed by atoms with Gasteiger partial charge in [0.05, 0.1) is 23.4 Å². The molecule has 9 nitrogen and oxygen atoms in total. The summed E-state index contributed by atoms with van der Waals surface area (Å²) in [5, 5.41) is 9.59. The molecule has 5 rings (SSSR count). The van der Waals surface area contributed by atoms with Gasteiger partial charge in [-0.15, -0.1) is 0 Å². The van der Waals surface area contributed by atoms with Gasteiger partial charge < -0.3 is 20.9 Å². The van der Waals surface area contributed by atoms with E-state index in [1.165, 1.54) is 31.4 Å². The smallest absolute Gasteiger partial charge is 0.237 e. The second-order valence-electron chi connectivity index (χ2n) is 7.97. The fourth-order valence-electron chi connectivity index (χ4n) is 4.03. The summed E-state index contributed by atoms with van der Waals surface area (Å²) >= 11 is 0. The van der Waals surface area contributed by atoms with E-state index >= 15 is 0 Å². The Bertz CT molecular complexity index is 1290. The average molecular weight is 432 g/mol. The number of nitrogens with zero attached hydrogens (tertiary/aromatic N) is 5. The Balaban J connectivity index is 1.52. The average Bonchev–Trinajstić information content (AvgIpc) is 3.34. The highest BCUT2D eigenvalue weighted by Crippen LogP contribution is 2.37. The number of fused-ring (bicyclic) bond motifs is 2. The van der Waals surface area contributed by atoms with Crippen molar-refractivity contribution in [3.05, 3.63) is 53.9 Å². The molecule has 162 valence electrons. The summed E-state index contributed by atoms with van der Waals surface area (Å²) < 4.78 is 15.0. The van der Waals surface area contributed by atoms with Crippen molar-refractivity contribution < 1.29 is 9.18 Å². The summed E-state index contributed by atoms with van der Waals surface area (Å²) in [4.78, 5) is 30.6. The van der Waals surface area contributed by atoms with Crippen LogP contribution >= 0.6 is 0 Å². The van der Waals surface area contributed by atoms with Crippen LogP contribution in [0.4, 0.5) is 16.0 Å². The summed E-state index contributed by atoms with van der Waals surface area (Å²) in [5.74, 6) is -0.403. The van der Waals surface area contributed by atoms with Gasteiger partial charge in [-0.2, -0.15) is 0 Å². The molecule has 3 aromatic heterocycles. The van der Waals surface area contributed by atoms with Crippen LogP contribution in [0.15, 0.2) is 42.6 Å². The predicted octanol–water partition coefficient (Wildman–Crippen LogP) is 3.21. The maximum Gasteiger partial charge on any atom is 0.237 e. The number of hydrogen-bond acceptors (Lipinski definition) is 7. The molecule has 32 heavy (non-hydrogen) atoms. The molecule has 4 heterocycles. The van der Waals surface area contributed by atoms with E-state index in [-0.39, 0.29) is 11.7 Å². The number of halogens is 1. The third-order valence-corrected chi connectivity index (χ3v) is 5.89. The molecular formula is C22H21FN8O. The number of hydrogen-bond donors (Lipinski definition) is 3. The Labute approximate surface area is 182 Å². The molecule has 0 aromatic carbocycles. The standard InChI is InChI=1S/C22H21FN8O/c23-13(10-24)5-2-6-14-17-18(25)28-19(29-20(17)30-22(14)32)16-11-31-8-7-26-21(31)15(27-16)9-12-3-1-4-12/h2,5-8,10-12,14,24H,1,3-4,9H2,(H3,25,28,29,30,32)/b6-2+,13-5+,24-10?. The topological polar surface area (TPSA) is 135 Å². The van der Waals surface area contributed by atoms with Crippen LogP contribution < -0.4 is 11.1 Å². The molecule has 10 heteroatoms. The predicted molar refractivity (Wildman–Crippen MR) is 118 cm³/mol. The van der Waals surface area contributed by atoms with Crippen LogP contribution in [-0.2, 0) is 11.2 Å². The van der Waals surface area contributed by atoms with E-state index in [9.17, 15) is 9.18 Å². The van der Waals surface area contributed by atoms with Gasteiger partial charge >= 0.3 is 0 Å². The lowest BCUT2D eigenvalue weighted by Crippen LogP contribution is -2.16. The van der Waals surface area contributed by atoms with Gasteiger partial charge in [0.15, 0.2) is 11.5 Å². The van der Waals surface area contributed by atoms with Crippen molar-refractivity contribution in [1.82, 2.24) is 24.3 Å². The molecule has 1 fully saturated rings. The fraction of sp³-hybridized carbons (Fsp3) is 0.273. The highest BCUT2D eigenvalue weighted by atomic mass is 19.1. The van der Waals surface area contributed by atoms with E-state index in [1.54, 1.807) is 12.4 Å². The molecule has 0 radical (unpaired) electrons. The van der Waals surface area contributed by atoms with E-state index in [2.05, 4.69) is 20.3 Å². The Morgan fingerprint density at radius 3 is 2.94 bits per heavy atom. The third-order valence-electron chi connectivity index (χ3n) is 5.89. The van der Waals surface area contributed by atoms with E-state index < -0.39 is 11.7 Å². The lowest BCUT2D eigenvalue weighted by atomic mass is 9.82. The van der Waals surface area contributed by atoms with Crippen LogP contribution in [0.25, 0.3) is 17.2 Å². The minimum atomic E-state index is -0.743. The van der Waals surface area contributed by atoms with E-state index in [4.69, 9.17) is 16.1 Å². The Morgan fingerprint density at radius 1 is 1.34 bits per heavy atom. The molecule has 0 saturated heterocycles. The first-order valence-corrected chi connectivity index (χ1v) is 10.4. The zero-order chi connectivity index (χ0) is 22.2. The highest BCUT2D eigenvalue weighted by Gasteiger charge is 2.33. The molecule has 0 spiro atoms. The van der Waals surface area contributed by atoms with Gasteiger partial charge in [0.25, 0.3) is 0 Å². The fourth-order valence-corrected chi connectivity index (χ4v) is 4.03. The summed E-state index contributed by atoms with van der Waals surface area (Å²) in [5.41, 5.74) is 8.91. The largest absolute Gasteiger partial charge is 0.383 e. The Hall–Kier alpha value is -3.95. The monoisotopic (exact) mass is 432 g/mol. The van der Waals surface area contributed by atoms with Gasteiger partial charge in [0, 0.05) is 18.6 Å². The summed E-state index contributed by atoms with van der Waals surface area (Å²) in [6, 6.07) is 0. The number of aromatic nitrogens is 5. The van der Waals surface area contributed by atoms with Crippen LogP contribution in [0.3, 0.4) is 0 Å². The number of imidazole rings is 1. The van der Waals surface area contributed by atoms with Crippen LogP contribution in [0.1, 0.15) is 36.4 Å². The lowest BCUT2D eigenvalue weighted by molar-refractivity contribution is -0.116. The number of carbonyl (C=O) groups is 1. The minimum absolute atomic E-state index is 0.155. The highest BCUT2D eigenvalue weighted by molar-refractivity contribution is 6.04. The lowest BCUT2D eigenvalue weighted by Gasteiger charge is -2.25. The number of amides is 1. The normalized spacial score (nSPS) is 18.7. The molecule has 1 aliphatic heterocycles. The molecule has 0 bridgehead atoms. The van der Waals surface area contributed by atoms with Gasteiger partial charge in [0.1, 0.15) is 23.2 Å². The second-order valence-corrected chi connectivity index (χ2v) is 7.97. The molecule has 1 atom stereocenters. The maximum absolute atomic E-state index is 13.1. The molecule has 2 aliphatic rings. The van der Waals surface area contributed by atoms with Gasteiger partial charge in [-0.3, -0.25) is 4.79 Å². The number of nitrogens with one attached hydrogen (secondary N) is 2. The van der Waals surface area contributed by atoms with Crippen molar-refractivity contribution in [2.45, 2.75) is 31.6 Å². The quantitative estimate of drug-likeness (QED) is 0.404. The maximum atomic E-state index is 13.1. The van der Waals surface area contributed by atoms with E-state index in [1.807, 2.05) is 10.6 Å². The van der Waals surface area contributed by atoms with Crippen molar-refractivity contribution in [2.24, 2.45) is 5.92 Å². The van der Waals surface area contributed by atoms with Crippen LogP contribution in [0, 0.1) is 11.3 Å². The number of nitrogens with two attached hydrogens (primary N) is 1. The van der Waals surface area contributed by atoms with Crippen molar-refractivity contribution in [1.29, 1.82) is 5.41 Å². The third kappa shape index (κ3) is 3.53. The first kappa shape index (κ1) is 20.0. The van der Waals surface area contributed by atoms with Crippen molar-refractivity contribution in [2.75, 3.05) is 11.1 Å². The first-order chi connectivity index (χ1) is 15.5. The van der Waals surface area contributed by atoms with Gasteiger partial charge in [-0.25, -0.2) is 24.3 Å². The second kappa shape index (κ2) is 7.95. The molecule has 1 saturated carbocycles. The van der Waals surface area contributed by atoms with E-state index in [0.29, 0.717) is 35.0 Å². The number of nitrogen functional groups attached to an aromatic ring is 1. The van der Waals surface area contributed by atoms with Crippen molar-refractivity contribution in [3.8, 4) is 11.5 Å². The Morgan fingerprint density at radius 2 is 2.19 bits per heavy atom. The van der Waals surface area contributed by atoms with Crippen LogP contribution in [0.2, 0.25) is 0 Å². The van der Waals surface area contributed by atoms with Crippen molar-refractivity contribution in [3.63, 3.8) is 0 Å². The summed E-state index contributed by atoms with van der Waals surface area (Å²) in [6.07, 6.45) is 14.4. The SMILES string of the molecule is N=C/C(F)=C\C=C\C1C(=O)Nc2nc(-c3cn4ccnc4c(CC4CCC4)n3)nc(N)c21. The molecule has 3 aromatic rings. The number of rotatable bonds is 6. The number of allylic oxidation sites excluding steroid dienone is 3. The Kier molecular flexibility index (Phi) is 4.96. The first-order valence-electron chi connectivity index (χ1n) is 10.4. The zero-order valence-electron chi connectivity index (χ0n) is 17.1. The molecule has 1 unspecified atom stereocenters. The van der Waals surface area contributed by atoms with Crippen LogP contribution in [-0.4, -0.2) is 36.5 Å². The summed E-state index contributed by atoms with van der Waals surface area (Å²) in [7, 11) is 0.